The lowest BCUT2D eigenvalue weighted by molar-refractivity contribution is 0.0942. The van der Waals surface area contributed by atoms with Crippen molar-refractivity contribution in [2.24, 2.45) is 0 Å². The molecule has 6 nitrogen and oxygen atoms in total. The van der Waals surface area contributed by atoms with Crippen LogP contribution < -0.4 is 5.32 Å². The number of carbonyl (C=O) groups is 1. The second kappa shape index (κ2) is 8.88. The Hall–Kier alpha value is -1.58. The Morgan fingerprint density at radius 1 is 1.15 bits per heavy atom. The zero-order valence-electron chi connectivity index (χ0n) is 15.1. The van der Waals surface area contributed by atoms with Gasteiger partial charge in [0.25, 0.3) is 5.91 Å². The molecular weight excluding hydrogens is 364 g/mol. The number of likely N-dealkylation sites (N-methyl/N-ethyl adjacent to an activating group) is 1. The number of amides is 1. The van der Waals surface area contributed by atoms with Crippen molar-refractivity contribution in [2.75, 3.05) is 40.3 Å². The molecule has 0 unspecified atom stereocenters. The maximum Gasteiger partial charge on any atom is 0.257 e. The zero-order valence-corrected chi connectivity index (χ0v) is 15.9. The van der Waals surface area contributed by atoms with Crippen molar-refractivity contribution in [3.63, 3.8) is 0 Å². The zero-order chi connectivity index (χ0) is 19.3. The normalized spacial score (nSPS) is 16.5. The number of sulfonamides is 1. The van der Waals surface area contributed by atoms with Gasteiger partial charge in [0.2, 0.25) is 10.0 Å². The fraction of sp³-hybridized carbons (Fsp3) is 0.588. The van der Waals surface area contributed by atoms with Gasteiger partial charge in [0.15, 0.2) is 5.82 Å². The van der Waals surface area contributed by atoms with Crippen molar-refractivity contribution in [3.8, 4) is 0 Å². The summed E-state index contributed by atoms with van der Waals surface area (Å²) < 4.78 is 55.6. The predicted molar refractivity (Wildman–Crippen MR) is 94.5 cm³/mol. The molecule has 9 heteroatoms. The summed E-state index contributed by atoms with van der Waals surface area (Å²) in [6.45, 7) is 1.27. The highest BCUT2D eigenvalue weighted by Gasteiger charge is 2.31. The molecule has 1 amide bonds. The third-order valence-electron chi connectivity index (χ3n) is 4.31. The number of halogens is 2. The maximum atomic E-state index is 14.8. The minimum Gasteiger partial charge on any atom is -0.351 e. The Morgan fingerprint density at radius 2 is 1.77 bits per heavy atom. The van der Waals surface area contributed by atoms with E-state index in [1.807, 2.05) is 0 Å². The minimum atomic E-state index is -4.12. The Kier molecular flexibility index (Phi) is 7.08. The average molecular weight is 389 g/mol. The SMILES string of the molecule is CN(C)CCNC(=O)c1c(F)ccc(S(=O)(=O)N2CCCCCC2)c1F. The van der Waals surface area contributed by atoms with Crippen molar-refractivity contribution < 1.29 is 22.0 Å². The Labute approximate surface area is 153 Å². The van der Waals surface area contributed by atoms with E-state index in [4.69, 9.17) is 0 Å². The number of nitrogens with zero attached hydrogens (tertiary/aromatic N) is 2. The van der Waals surface area contributed by atoms with Gasteiger partial charge in [-0.2, -0.15) is 4.31 Å². The standard InChI is InChI=1S/C17H25F2N3O3S/c1-21(2)12-9-20-17(23)15-13(18)7-8-14(16(15)19)26(24,25)22-10-5-3-4-6-11-22/h7-8H,3-6,9-12H2,1-2H3,(H,20,23). The molecule has 1 heterocycles. The van der Waals surface area contributed by atoms with Gasteiger partial charge in [-0.15, -0.1) is 0 Å². The number of nitrogens with one attached hydrogen (secondary N) is 1. The molecule has 0 radical (unpaired) electrons. The molecule has 2 rings (SSSR count). The van der Waals surface area contributed by atoms with Gasteiger partial charge in [-0.05, 0) is 39.1 Å². The monoisotopic (exact) mass is 389 g/mol. The van der Waals surface area contributed by atoms with E-state index in [9.17, 15) is 22.0 Å². The smallest absolute Gasteiger partial charge is 0.257 e. The van der Waals surface area contributed by atoms with Gasteiger partial charge in [-0.25, -0.2) is 17.2 Å². The van der Waals surface area contributed by atoms with Gasteiger partial charge in [0, 0.05) is 26.2 Å². The summed E-state index contributed by atoms with van der Waals surface area (Å²) in [5, 5.41) is 2.41. The van der Waals surface area contributed by atoms with E-state index < -0.39 is 38.0 Å². The van der Waals surface area contributed by atoms with Crippen LogP contribution in [0.15, 0.2) is 17.0 Å². The van der Waals surface area contributed by atoms with Gasteiger partial charge in [0.1, 0.15) is 16.3 Å². The lowest BCUT2D eigenvalue weighted by Gasteiger charge is -2.21. The summed E-state index contributed by atoms with van der Waals surface area (Å²) in [5.74, 6) is -3.38. The van der Waals surface area contributed by atoms with Crippen LogP contribution in [0.25, 0.3) is 0 Å². The molecule has 0 saturated carbocycles. The van der Waals surface area contributed by atoms with Crippen LogP contribution in [0, 0.1) is 11.6 Å². The van der Waals surface area contributed by atoms with Crippen LogP contribution in [-0.4, -0.2) is 63.8 Å². The van der Waals surface area contributed by atoms with Gasteiger partial charge in [-0.1, -0.05) is 12.8 Å². The van der Waals surface area contributed by atoms with Crippen molar-refractivity contribution in [1.29, 1.82) is 0 Å². The van der Waals surface area contributed by atoms with Crippen molar-refractivity contribution in [3.05, 3.63) is 29.3 Å². The fourth-order valence-corrected chi connectivity index (χ4v) is 4.43. The summed E-state index contributed by atoms with van der Waals surface area (Å²) in [6, 6.07) is 1.72. The number of hydrogen-bond acceptors (Lipinski definition) is 4. The van der Waals surface area contributed by atoms with Crippen LogP contribution in [0.5, 0.6) is 0 Å². The van der Waals surface area contributed by atoms with E-state index in [0.717, 1.165) is 25.0 Å². The van der Waals surface area contributed by atoms with E-state index in [1.165, 1.54) is 4.31 Å². The van der Waals surface area contributed by atoms with Gasteiger partial charge >= 0.3 is 0 Å². The predicted octanol–water partition coefficient (Wildman–Crippen LogP) is 1.82. The lowest BCUT2D eigenvalue weighted by Crippen LogP contribution is -2.34. The van der Waals surface area contributed by atoms with E-state index in [2.05, 4.69) is 5.32 Å². The quantitative estimate of drug-likeness (QED) is 0.806. The van der Waals surface area contributed by atoms with E-state index in [0.29, 0.717) is 32.5 Å². The lowest BCUT2D eigenvalue weighted by atomic mass is 10.2. The molecular formula is C17H25F2N3O3S. The molecule has 1 saturated heterocycles. The molecule has 0 bridgehead atoms. The first kappa shape index (κ1) is 20.7. The topological polar surface area (TPSA) is 69.7 Å². The molecule has 0 aliphatic carbocycles. The van der Waals surface area contributed by atoms with Crippen LogP contribution in [0.3, 0.4) is 0 Å². The van der Waals surface area contributed by atoms with Crippen LogP contribution in [0.2, 0.25) is 0 Å². The van der Waals surface area contributed by atoms with Crippen LogP contribution in [0.1, 0.15) is 36.0 Å². The van der Waals surface area contributed by atoms with Gasteiger partial charge in [-0.3, -0.25) is 4.79 Å². The largest absolute Gasteiger partial charge is 0.351 e. The van der Waals surface area contributed by atoms with Crippen molar-refractivity contribution in [1.82, 2.24) is 14.5 Å². The van der Waals surface area contributed by atoms with Crippen LogP contribution in [0.4, 0.5) is 8.78 Å². The van der Waals surface area contributed by atoms with E-state index in [-0.39, 0.29) is 6.54 Å². The highest BCUT2D eigenvalue weighted by Crippen LogP contribution is 2.26. The minimum absolute atomic E-state index is 0.188. The molecule has 1 aromatic rings. The summed E-state index contributed by atoms with van der Waals surface area (Å²) in [5.41, 5.74) is -0.861. The van der Waals surface area contributed by atoms with Crippen molar-refractivity contribution in [2.45, 2.75) is 30.6 Å². The molecule has 1 aliphatic heterocycles. The highest BCUT2D eigenvalue weighted by atomic mass is 32.2. The first-order valence-corrected chi connectivity index (χ1v) is 10.1. The first-order valence-electron chi connectivity index (χ1n) is 8.66. The number of hydrogen-bond donors (Lipinski definition) is 1. The second-order valence-corrected chi connectivity index (χ2v) is 8.52. The summed E-state index contributed by atoms with van der Waals surface area (Å²) >= 11 is 0. The third kappa shape index (κ3) is 4.77. The average Bonchev–Trinajstić information content (AvgIpc) is 2.84. The van der Waals surface area contributed by atoms with Crippen LogP contribution in [-0.2, 0) is 10.0 Å². The number of rotatable bonds is 6. The van der Waals surface area contributed by atoms with E-state index in [1.54, 1.807) is 19.0 Å². The van der Waals surface area contributed by atoms with Crippen LogP contribution >= 0.6 is 0 Å². The Balaban J connectivity index is 2.31. The van der Waals surface area contributed by atoms with Gasteiger partial charge in [0.05, 0.1) is 0 Å². The van der Waals surface area contributed by atoms with E-state index >= 15 is 0 Å². The molecule has 1 fully saturated rings. The number of benzene rings is 1. The summed E-state index contributed by atoms with van der Waals surface area (Å²) in [7, 11) is -0.533. The summed E-state index contributed by atoms with van der Waals surface area (Å²) in [6.07, 6.45) is 3.22. The molecule has 146 valence electrons. The molecule has 1 aliphatic rings. The number of carbonyl (C=O) groups excluding carboxylic acids is 1. The molecule has 1 N–H and O–H groups in total. The summed E-state index contributed by atoms with van der Waals surface area (Å²) in [4.78, 5) is 13.3. The first-order chi connectivity index (χ1) is 12.2. The fourth-order valence-electron chi connectivity index (χ4n) is 2.84. The molecule has 26 heavy (non-hydrogen) atoms. The molecule has 0 atom stereocenters. The molecule has 0 spiro atoms. The third-order valence-corrected chi connectivity index (χ3v) is 6.23. The molecule has 0 aromatic heterocycles. The highest BCUT2D eigenvalue weighted by molar-refractivity contribution is 7.89. The molecule has 1 aromatic carbocycles. The van der Waals surface area contributed by atoms with Crippen molar-refractivity contribution >= 4 is 15.9 Å². The maximum absolute atomic E-state index is 14.8. The van der Waals surface area contributed by atoms with Gasteiger partial charge < -0.3 is 10.2 Å². The Bertz CT molecular complexity index is 746. The Morgan fingerprint density at radius 3 is 2.35 bits per heavy atom. The second-order valence-electron chi connectivity index (χ2n) is 6.61.